The summed E-state index contributed by atoms with van der Waals surface area (Å²) in [5, 5.41) is 5.92. The highest BCUT2D eigenvalue weighted by atomic mass is 35.5. The Balaban J connectivity index is 0.00000288. The molecule has 1 heterocycles. The minimum absolute atomic E-state index is 0. The maximum Gasteiger partial charge on any atom is 0.250 e. The molecule has 1 saturated heterocycles. The van der Waals surface area contributed by atoms with Crippen LogP contribution in [0.5, 0.6) is 0 Å². The molecule has 1 fully saturated rings. The molecule has 0 spiro atoms. The van der Waals surface area contributed by atoms with Crippen LogP contribution in [0.4, 0.5) is 11.4 Å². The van der Waals surface area contributed by atoms with Gasteiger partial charge < -0.3 is 21.3 Å². The molecule has 2 amide bonds. The Hall–Kier alpha value is -1.79. The lowest BCUT2D eigenvalue weighted by molar-refractivity contribution is -0.116. The summed E-state index contributed by atoms with van der Waals surface area (Å²) < 4.78 is 0. The predicted molar refractivity (Wildman–Crippen MR) is 100 cm³/mol. The fourth-order valence-corrected chi connectivity index (χ4v) is 2.86. The van der Waals surface area contributed by atoms with Crippen molar-refractivity contribution in [1.29, 1.82) is 0 Å². The van der Waals surface area contributed by atoms with Gasteiger partial charge in [-0.15, -0.1) is 12.4 Å². The highest BCUT2D eigenvalue weighted by Gasteiger charge is 2.18. The first-order valence-corrected chi connectivity index (χ1v) is 8.25. The topological polar surface area (TPSA) is 87.5 Å². The second-order valence-corrected chi connectivity index (χ2v) is 5.90. The Bertz CT molecular complexity index is 560. The van der Waals surface area contributed by atoms with Gasteiger partial charge in [-0.2, -0.15) is 0 Å². The number of rotatable bonds is 7. The van der Waals surface area contributed by atoms with E-state index in [2.05, 4.69) is 15.5 Å². The van der Waals surface area contributed by atoms with Gasteiger partial charge in [0.05, 0.1) is 11.3 Å². The van der Waals surface area contributed by atoms with Gasteiger partial charge in [0.1, 0.15) is 0 Å². The summed E-state index contributed by atoms with van der Waals surface area (Å²) in [6.45, 7) is 2.65. The van der Waals surface area contributed by atoms with Crippen LogP contribution in [-0.2, 0) is 4.79 Å². The van der Waals surface area contributed by atoms with E-state index >= 15 is 0 Å². The van der Waals surface area contributed by atoms with Gasteiger partial charge in [0.15, 0.2) is 0 Å². The second kappa shape index (κ2) is 10.2. The van der Waals surface area contributed by atoms with E-state index in [9.17, 15) is 9.59 Å². The van der Waals surface area contributed by atoms with Crippen LogP contribution in [0.25, 0.3) is 0 Å². The van der Waals surface area contributed by atoms with Gasteiger partial charge in [-0.1, -0.05) is 0 Å². The third-order valence-electron chi connectivity index (χ3n) is 4.07. The molecule has 1 aromatic carbocycles. The second-order valence-electron chi connectivity index (χ2n) is 5.90. The van der Waals surface area contributed by atoms with Gasteiger partial charge in [-0.25, -0.2) is 0 Å². The zero-order valence-electron chi connectivity index (χ0n) is 14.1. The van der Waals surface area contributed by atoms with E-state index in [0.717, 1.165) is 44.6 Å². The highest BCUT2D eigenvalue weighted by molar-refractivity contribution is 6.00. The van der Waals surface area contributed by atoms with Crippen LogP contribution < -0.4 is 21.3 Å². The number of benzene rings is 1. The first-order valence-electron chi connectivity index (χ1n) is 8.25. The van der Waals surface area contributed by atoms with Gasteiger partial charge in [-0.05, 0) is 57.5 Å². The molecule has 24 heavy (non-hydrogen) atoms. The van der Waals surface area contributed by atoms with Crippen molar-refractivity contribution in [3.8, 4) is 0 Å². The number of amides is 2. The Morgan fingerprint density at radius 1 is 1.21 bits per heavy atom. The van der Waals surface area contributed by atoms with Crippen LogP contribution in [0.15, 0.2) is 18.2 Å². The zero-order valence-corrected chi connectivity index (χ0v) is 15.0. The van der Waals surface area contributed by atoms with E-state index in [0.29, 0.717) is 17.7 Å². The molecule has 1 aliphatic heterocycles. The Morgan fingerprint density at radius 2 is 1.92 bits per heavy atom. The molecule has 2 rings (SSSR count). The summed E-state index contributed by atoms with van der Waals surface area (Å²) in [5.41, 5.74) is 7.54. The predicted octanol–water partition coefficient (Wildman–Crippen LogP) is 2.14. The lowest BCUT2D eigenvalue weighted by Crippen LogP contribution is -2.31. The first-order chi connectivity index (χ1) is 11.1. The van der Waals surface area contributed by atoms with Crippen molar-refractivity contribution in [2.75, 3.05) is 36.9 Å². The van der Waals surface area contributed by atoms with E-state index in [1.165, 1.54) is 6.42 Å². The number of piperidine rings is 1. The maximum absolute atomic E-state index is 11.9. The summed E-state index contributed by atoms with van der Waals surface area (Å²) in [5.74, 6) is -0.450. The molecule has 0 saturated carbocycles. The third-order valence-corrected chi connectivity index (χ3v) is 4.07. The number of carbonyl (C=O) groups is 2. The van der Waals surface area contributed by atoms with Crippen molar-refractivity contribution in [2.24, 2.45) is 5.73 Å². The maximum atomic E-state index is 11.9. The average molecular weight is 355 g/mol. The molecule has 1 aliphatic rings. The molecule has 0 aliphatic carbocycles. The molecule has 0 radical (unpaired) electrons. The SMILES string of the molecule is CNCCCC(=O)Nc1ccc(C(N)=O)c(N2CCCCC2)c1.Cl. The molecule has 0 atom stereocenters. The fraction of sp³-hybridized carbons (Fsp3) is 0.529. The van der Waals surface area contributed by atoms with Crippen LogP contribution in [0.2, 0.25) is 0 Å². The number of primary amides is 1. The largest absolute Gasteiger partial charge is 0.371 e. The van der Waals surface area contributed by atoms with Gasteiger partial charge in [-0.3, -0.25) is 9.59 Å². The molecule has 0 bridgehead atoms. The number of nitrogens with two attached hydrogens (primary N) is 1. The standard InChI is InChI=1S/C17H26N4O2.ClH/c1-19-9-5-6-16(22)20-13-7-8-14(17(18)23)15(12-13)21-10-3-2-4-11-21;/h7-8,12,19H,2-6,9-11H2,1H3,(H2,18,23)(H,20,22);1H. The number of nitrogens with zero attached hydrogens (tertiary/aromatic N) is 1. The number of hydrogen-bond donors (Lipinski definition) is 3. The Morgan fingerprint density at radius 3 is 2.54 bits per heavy atom. The smallest absolute Gasteiger partial charge is 0.250 e. The number of nitrogens with one attached hydrogen (secondary N) is 2. The summed E-state index contributed by atoms with van der Waals surface area (Å²) in [4.78, 5) is 25.8. The monoisotopic (exact) mass is 354 g/mol. The number of hydrogen-bond acceptors (Lipinski definition) is 4. The highest BCUT2D eigenvalue weighted by Crippen LogP contribution is 2.27. The fourth-order valence-electron chi connectivity index (χ4n) is 2.86. The molecule has 4 N–H and O–H groups in total. The first kappa shape index (κ1) is 20.3. The van der Waals surface area contributed by atoms with Crippen LogP contribution in [0, 0.1) is 0 Å². The summed E-state index contributed by atoms with van der Waals surface area (Å²) in [6, 6.07) is 5.31. The molecule has 0 aromatic heterocycles. The minimum atomic E-state index is -0.433. The number of anilines is 2. The molecule has 0 unspecified atom stereocenters. The molecule has 1 aromatic rings. The minimum Gasteiger partial charge on any atom is -0.371 e. The Kier molecular flexibility index (Phi) is 8.57. The molecule has 134 valence electrons. The van der Waals surface area contributed by atoms with Crippen molar-refractivity contribution < 1.29 is 9.59 Å². The third kappa shape index (κ3) is 5.69. The van der Waals surface area contributed by atoms with Crippen LogP contribution in [0.1, 0.15) is 42.5 Å². The van der Waals surface area contributed by atoms with Crippen molar-refractivity contribution in [3.05, 3.63) is 23.8 Å². The van der Waals surface area contributed by atoms with E-state index in [1.54, 1.807) is 12.1 Å². The zero-order chi connectivity index (χ0) is 16.7. The normalized spacial score (nSPS) is 14.0. The van der Waals surface area contributed by atoms with E-state index < -0.39 is 5.91 Å². The van der Waals surface area contributed by atoms with Crippen LogP contribution >= 0.6 is 12.4 Å². The van der Waals surface area contributed by atoms with Crippen molar-refractivity contribution >= 4 is 35.6 Å². The average Bonchev–Trinajstić information content (AvgIpc) is 2.55. The van der Waals surface area contributed by atoms with Gasteiger partial charge in [0.2, 0.25) is 5.91 Å². The van der Waals surface area contributed by atoms with Crippen LogP contribution in [-0.4, -0.2) is 38.5 Å². The van der Waals surface area contributed by atoms with Gasteiger partial charge >= 0.3 is 0 Å². The van der Waals surface area contributed by atoms with E-state index in [1.807, 2.05) is 13.1 Å². The molecular weight excluding hydrogens is 328 g/mol. The molecular formula is C17H27ClN4O2. The van der Waals surface area contributed by atoms with E-state index in [-0.39, 0.29) is 18.3 Å². The van der Waals surface area contributed by atoms with Gasteiger partial charge in [0, 0.05) is 25.2 Å². The lowest BCUT2D eigenvalue weighted by Gasteiger charge is -2.30. The summed E-state index contributed by atoms with van der Waals surface area (Å²) in [7, 11) is 1.87. The number of carbonyl (C=O) groups excluding carboxylic acids is 2. The van der Waals surface area contributed by atoms with Crippen molar-refractivity contribution in [3.63, 3.8) is 0 Å². The van der Waals surface area contributed by atoms with Crippen LogP contribution in [0.3, 0.4) is 0 Å². The summed E-state index contributed by atoms with van der Waals surface area (Å²) in [6.07, 6.45) is 4.69. The van der Waals surface area contributed by atoms with Gasteiger partial charge in [0.25, 0.3) is 5.91 Å². The Labute approximate surface area is 149 Å². The van der Waals surface area contributed by atoms with E-state index in [4.69, 9.17) is 5.73 Å². The van der Waals surface area contributed by atoms with Crippen molar-refractivity contribution in [1.82, 2.24) is 5.32 Å². The molecule has 7 heteroatoms. The lowest BCUT2D eigenvalue weighted by atomic mass is 10.1. The molecule has 6 nitrogen and oxygen atoms in total. The quantitative estimate of drug-likeness (QED) is 0.654. The number of halogens is 1. The van der Waals surface area contributed by atoms with Crippen molar-refractivity contribution in [2.45, 2.75) is 32.1 Å². The summed E-state index contributed by atoms with van der Waals surface area (Å²) >= 11 is 0.